The molecule has 0 atom stereocenters. The molecule has 1 aliphatic carbocycles. The van der Waals surface area contributed by atoms with Gasteiger partial charge >= 0.3 is 0 Å². The van der Waals surface area contributed by atoms with Crippen LogP contribution in [-0.4, -0.2) is 28.1 Å². The van der Waals surface area contributed by atoms with Crippen LogP contribution in [0.4, 0.5) is 17.6 Å². The van der Waals surface area contributed by atoms with Gasteiger partial charge in [0.05, 0.1) is 12.1 Å². The molecule has 168 valence electrons. The summed E-state index contributed by atoms with van der Waals surface area (Å²) < 4.78 is 6.45. The molecule has 4 rings (SSSR count). The minimum absolute atomic E-state index is 0.398. The highest BCUT2D eigenvalue weighted by atomic mass is 127. The van der Waals surface area contributed by atoms with Crippen molar-refractivity contribution in [3.63, 3.8) is 0 Å². The van der Waals surface area contributed by atoms with Crippen LogP contribution in [0.25, 0.3) is 0 Å². The number of nitrogens with one attached hydrogen (secondary N) is 2. The Balaban J connectivity index is 1.59. The van der Waals surface area contributed by atoms with Crippen molar-refractivity contribution in [2.45, 2.75) is 51.0 Å². The second-order valence-electron chi connectivity index (χ2n) is 8.01. The number of halogens is 2. The smallest absolute Gasteiger partial charge is 0.232 e. The zero-order valence-corrected chi connectivity index (χ0v) is 21.0. The monoisotopic (exact) mass is 563 g/mol. The molecule has 0 saturated heterocycles. The van der Waals surface area contributed by atoms with Gasteiger partial charge in [0, 0.05) is 21.7 Å². The zero-order valence-electron chi connectivity index (χ0n) is 18.1. The Bertz CT molecular complexity index is 1040. The lowest BCUT2D eigenvalue weighted by molar-refractivity contribution is 0.415. The predicted molar refractivity (Wildman–Crippen MR) is 138 cm³/mol. The van der Waals surface area contributed by atoms with Gasteiger partial charge in [-0.1, -0.05) is 49.4 Å². The maximum Gasteiger partial charge on any atom is 0.232 e. The van der Waals surface area contributed by atoms with Crippen LogP contribution in [0.5, 0.6) is 5.75 Å². The molecule has 32 heavy (non-hydrogen) atoms. The standard InChI is InChI=1S/C24H27ClIN5O/c1-32-21-13-12-19(15-20(21)25)28-24-30-22(14-16-8-10-17(26)11-9-16)29-23(31-24)27-18-6-4-2-3-5-7-18/h8-13,15,18H,2-7,14H2,1H3,(H2,27,28,29,30,31). The minimum atomic E-state index is 0.398. The van der Waals surface area contributed by atoms with E-state index in [1.807, 2.05) is 12.1 Å². The second kappa shape index (κ2) is 11.1. The van der Waals surface area contributed by atoms with E-state index in [2.05, 4.69) is 67.5 Å². The van der Waals surface area contributed by atoms with Crippen molar-refractivity contribution in [3.05, 3.63) is 62.4 Å². The molecule has 0 unspecified atom stereocenters. The molecule has 2 N–H and O–H groups in total. The van der Waals surface area contributed by atoms with Crippen LogP contribution in [0, 0.1) is 3.57 Å². The maximum absolute atomic E-state index is 6.29. The number of methoxy groups -OCH3 is 1. The molecule has 1 aromatic heterocycles. The van der Waals surface area contributed by atoms with Crippen LogP contribution >= 0.6 is 34.2 Å². The third kappa shape index (κ3) is 6.45. The molecule has 1 saturated carbocycles. The number of ether oxygens (including phenoxy) is 1. The third-order valence-corrected chi connectivity index (χ3v) is 6.57. The lowest BCUT2D eigenvalue weighted by Gasteiger charge is -2.17. The highest BCUT2D eigenvalue weighted by Crippen LogP contribution is 2.28. The summed E-state index contributed by atoms with van der Waals surface area (Å²) in [5, 5.41) is 7.37. The third-order valence-electron chi connectivity index (χ3n) is 5.55. The lowest BCUT2D eigenvalue weighted by Crippen LogP contribution is -2.21. The molecule has 2 aromatic carbocycles. The number of hydrogen-bond acceptors (Lipinski definition) is 6. The molecule has 8 heteroatoms. The number of rotatable bonds is 7. The molecule has 0 spiro atoms. The lowest BCUT2D eigenvalue weighted by atomic mass is 10.1. The van der Waals surface area contributed by atoms with E-state index in [4.69, 9.17) is 21.3 Å². The van der Waals surface area contributed by atoms with E-state index in [-0.39, 0.29) is 0 Å². The molecule has 6 nitrogen and oxygen atoms in total. The topological polar surface area (TPSA) is 72.0 Å². The van der Waals surface area contributed by atoms with E-state index in [0.717, 1.165) is 29.9 Å². The van der Waals surface area contributed by atoms with Crippen molar-refractivity contribution in [1.82, 2.24) is 15.0 Å². The number of anilines is 3. The Morgan fingerprint density at radius 2 is 1.69 bits per heavy atom. The first-order valence-corrected chi connectivity index (χ1v) is 12.4. The van der Waals surface area contributed by atoms with Crippen molar-refractivity contribution < 1.29 is 4.74 Å². The Hall–Kier alpha value is -2.13. The average molecular weight is 564 g/mol. The first-order chi connectivity index (χ1) is 15.6. The Kier molecular flexibility index (Phi) is 8.02. The molecule has 1 heterocycles. The van der Waals surface area contributed by atoms with Crippen LogP contribution in [0.15, 0.2) is 42.5 Å². The van der Waals surface area contributed by atoms with Gasteiger partial charge in [-0.2, -0.15) is 15.0 Å². The number of aromatic nitrogens is 3. The van der Waals surface area contributed by atoms with E-state index < -0.39 is 0 Å². The van der Waals surface area contributed by atoms with Crippen LogP contribution in [0.2, 0.25) is 5.02 Å². The van der Waals surface area contributed by atoms with Crippen molar-refractivity contribution in [2.75, 3.05) is 17.7 Å². The molecule has 0 amide bonds. The summed E-state index contributed by atoms with van der Waals surface area (Å²) in [6.07, 6.45) is 8.03. The van der Waals surface area contributed by atoms with Crippen molar-refractivity contribution in [2.24, 2.45) is 0 Å². The second-order valence-corrected chi connectivity index (χ2v) is 9.66. The van der Waals surface area contributed by atoms with Crippen LogP contribution in [-0.2, 0) is 6.42 Å². The van der Waals surface area contributed by atoms with Gasteiger partial charge in [0.25, 0.3) is 0 Å². The fourth-order valence-corrected chi connectivity index (χ4v) is 4.50. The molecular weight excluding hydrogens is 537 g/mol. The highest BCUT2D eigenvalue weighted by molar-refractivity contribution is 14.1. The predicted octanol–water partition coefficient (Wildman–Crippen LogP) is 6.61. The van der Waals surface area contributed by atoms with Gasteiger partial charge in [0.15, 0.2) is 0 Å². The average Bonchev–Trinajstić information content (AvgIpc) is 3.04. The highest BCUT2D eigenvalue weighted by Gasteiger charge is 2.15. The molecule has 0 aliphatic heterocycles. The van der Waals surface area contributed by atoms with Gasteiger partial charge in [0.1, 0.15) is 11.6 Å². The summed E-state index contributed by atoms with van der Waals surface area (Å²) in [5.74, 6) is 2.47. The Labute approximate surface area is 207 Å². The van der Waals surface area contributed by atoms with Crippen molar-refractivity contribution in [1.29, 1.82) is 0 Å². The largest absolute Gasteiger partial charge is 0.495 e. The van der Waals surface area contributed by atoms with Crippen LogP contribution in [0.1, 0.15) is 49.9 Å². The fraction of sp³-hybridized carbons (Fsp3) is 0.375. The van der Waals surface area contributed by atoms with Gasteiger partial charge in [-0.15, -0.1) is 0 Å². The van der Waals surface area contributed by atoms with Gasteiger partial charge in [0.2, 0.25) is 11.9 Å². The zero-order chi connectivity index (χ0) is 22.3. The number of hydrogen-bond donors (Lipinski definition) is 2. The summed E-state index contributed by atoms with van der Waals surface area (Å²) >= 11 is 8.60. The minimum Gasteiger partial charge on any atom is -0.495 e. The fourth-order valence-electron chi connectivity index (χ4n) is 3.88. The SMILES string of the molecule is COc1ccc(Nc2nc(Cc3ccc(I)cc3)nc(NC3CCCCCC3)n2)cc1Cl. The van der Waals surface area contributed by atoms with Crippen LogP contribution in [0.3, 0.4) is 0 Å². The summed E-state index contributed by atoms with van der Waals surface area (Å²) in [6.45, 7) is 0. The van der Waals surface area contributed by atoms with Crippen molar-refractivity contribution in [3.8, 4) is 5.75 Å². The molecule has 3 aromatic rings. The number of benzene rings is 2. The Morgan fingerprint density at radius 1 is 0.969 bits per heavy atom. The first-order valence-electron chi connectivity index (χ1n) is 11.0. The van der Waals surface area contributed by atoms with Gasteiger partial charge in [-0.05, 0) is 71.3 Å². The molecule has 0 radical (unpaired) electrons. The first kappa shape index (κ1) is 23.0. The van der Waals surface area contributed by atoms with Crippen molar-refractivity contribution >= 4 is 51.8 Å². The Morgan fingerprint density at radius 3 is 2.38 bits per heavy atom. The van der Waals surface area contributed by atoms with Gasteiger partial charge in [-0.25, -0.2) is 0 Å². The van der Waals surface area contributed by atoms with Gasteiger partial charge in [-0.3, -0.25) is 0 Å². The van der Waals surface area contributed by atoms with E-state index in [1.54, 1.807) is 13.2 Å². The van der Waals surface area contributed by atoms with E-state index in [1.165, 1.54) is 29.3 Å². The van der Waals surface area contributed by atoms with E-state index >= 15 is 0 Å². The summed E-state index contributed by atoms with van der Waals surface area (Å²) in [5.41, 5.74) is 1.96. The van der Waals surface area contributed by atoms with E-state index in [0.29, 0.717) is 35.1 Å². The molecule has 1 aliphatic rings. The number of nitrogens with zero attached hydrogens (tertiary/aromatic N) is 3. The summed E-state index contributed by atoms with van der Waals surface area (Å²) in [4.78, 5) is 14.1. The molecule has 0 bridgehead atoms. The quantitative estimate of drug-likeness (QED) is 0.249. The molecular formula is C24H27ClIN5O. The van der Waals surface area contributed by atoms with E-state index in [9.17, 15) is 0 Å². The molecule has 1 fully saturated rings. The van der Waals surface area contributed by atoms with Gasteiger partial charge < -0.3 is 15.4 Å². The normalized spacial score (nSPS) is 14.6. The summed E-state index contributed by atoms with van der Waals surface area (Å²) in [7, 11) is 1.60. The summed E-state index contributed by atoms with van der Waals surface area (Å²) in [6, 6.07) is 14.3. The van der Waals surface area contributed by atoms with Crippen LogP contribution < -0.4 is 15.4 Å². The maximum atomic E-state index is 6.29.